The highest BCUT2D eigenvalue weighted by Crippen LogP contribution is 2.30. The number of halogens is 2. The van der Waals surface area contributed by atoms with Crippen LogP contribution < -0.4 is 5.32 Å². The first kappa shape index (κ1) is 20.2. The van der Waals surface area contributed by atoms with Crippen LogP contribution in [0.5, 0.6) is 0 Å². The van der Waals surface area contributed by atoms with Crippen molar-refractivity contribution in [2.45, 2.75) is 20.3 Å². The van der Waals surface area contributed by atoms with E-state index in [1.165, 1.54) is 12.4 Å². The summed E-state index contributed by atoms with van der Waals surface area (Å²) in [5.74, 6) is 1.33. The van der Waals surface area contributed by atoms with E-state index in [2.05, 4.69) is 31.6 Å². The van der Waals surface area contributed by atoms with E-state index in [1.54, 1.807) is 36.9 Å². The van der Waals surface area contributed by atoms with Crippen LogP contribution in [-0.2, 0) is 7.05 Å². The summed E-state index contributed by atoms with van der Waals surface area (Å²) < 4.78 is 29.5. The van der Waals surface area contributed by atoms with Gasteiger partial charge in [0.25, 0.3) is 6.43 Å². The summed E-state index contributed by atoms with van der Waals surface area (Å²) in [5.41, 5.74) is 3.31. The second kappa shape index (κ2) is 7.95. The topological polar surface area (TPSA) is 97.2 Å². The number of rotatable bonds is 5. The molecule has 0 saturated carbocycles. The molecule has 3 heterocycles. The normalized spacial score (nSPS) is 11.0. The average molecular weight is 420 g/mol. The van der Waals surface area contributed by atoms with E-state index in [-0.39, 0.29) is 11.5 Å². The molecule has 4 aromatic rings. The monoisotopic (exact) mass is 420 g/mol. The molecule has 0 radical (unpaired) electrons. The molecule has 3 aromatic heterocycles. The number of anilines is 2. The van der Waals surface area contributed by atoms with Crippen LogP contribution in [0.3, 0.4) is 0 Å². The van der Waals surface area contributed by atoms with E-state index in [4.69, 9.17) is 5.26 Å². The van der Waals surface area contributed by atoms with Crippen LogP contribution in [0.15, 0.2) is 42.7 Å². The predicted octanol–water partition coefficient (Wildman–Crippen LogP) is 4.23. The van der Waals surface area contributed by atoms with E-state index >= 15 is 0 Å². The zero-order valence-electron chi connectivity index (χ0n) is 17.0. The Kier molecular flexibility index (Phi) is 5.17. The van der Waals surface area contributed by atoms with Gasteiger partial charge in [-0.15, -0.1) is 0 Å². The Labute approximate surface area is 176 Å². The minimum Gasteiger partial charge on any atom is -0.325 e. The Morgan fingerprint density at radius 2 is 1.81 bits per heavy atom. The number of nitrogens with one attached hydrogen (secondary N) is 1. The van der Waals surface area contributed by atoms with Crippen LogP contribution >= 0.6 is 0 Å². The lowest BCUT2D eigenvalue weighted by atomic mass is 10.1. The van der Waals surface area contributed by atoms with Crippen LogP contribution in [0.4, 0.5) is 20.4 Å². The molecule has 31 heavy (non-hydrogen) atoms. The lowest BCUT2D eigenvalue weighted by molar-refractivity contribution is 0.142. The summed E-state index contributed by atoms with van der Waals surface area (Å²) in [7, 11) is 1.79. The highest BCUT2D eigenvalue weighted by Gasteiger charge is 2.19. The number of aromatic nitrogens is 6. The number of nitriles is 1. The quantitative estimate of drug-likeness (QED) is 0.519. The van der Waals surface area contributed by atoms with Gasteiger partial charge in [0, 0.05) is 24.2 Å². The van der Waals surface area contributed by atoms with Crippen LogP contribution in [0.2, 0.25) is 0 Å². The smallest absolute Gasteiger partial charge is 0.280 e. The van der Waals surface area contributed by atoms with Gasteiger partial charge in [0.2, 0.25) is 0 Å². The molecule has 0 aliphatic carbocycles. The number of benzene rings is 1. The molecular formula is C21H18F2N8. The van der Waals surface area contributed by atoms with Gasteiger partial charge in [0.1, 0.15) is 23.7 Å². The SMILES string of the molecule is Cc1cc(C(F)F)n(-c2cc(Nc3c(C)c(-c4ccc(C#N)cc4)nn3C)ncn2)n1. The van der Waals surface area contributed by atoms with Crippen LogP contribution in [0.25, 0.3) is 17.1 Å². The van der Waals surface area contributed by atoms with E-state index < -0.39 is 6.43 Å². The second-order valence-corrected chi connectivity index (χ2v) is 6.94. The second-order valence-electron chi connectivity index (χ2n) is 6.94. The predicted molar refractivity (Wildman–Crippen MR) is 110 cm³/mol. The molecule has 10 heteroatoms. The third-order valence-corrected chi connectivity index (χ3v) is 4.77. The van der Waals surface area contributed by atoms with E-state index in [0.717, 1.165) is 21.5 Å². The minimum atomic E-state index is -2.68. The van der Waals surface area contributed by atoms with E-state index in [0.29, 0.717) is 22.9 Å². The van der Waals surface area contributed by atoms with Crippen molar-refractivity contribution in [2.75, 3.05) is 5.32 Å². The Morgan fingerprint density at radius 1 is 1.06 bits per heavy atom. The van der Waals surface area contributed by atoms with Crippen LogP contribution in [-0.4, -0.2) is 29.5 Å². The summed E-state index contributed by atoms with van der Waals surface area (Å²) in [5, 5.41) is 20.9. The van der Waals surface area contributed by atoms with Crippen molar-refractivity contribution in [1.29, 1.82) is 5.26 Å². The van der Waals surface area contributed by atoms with Gasteiger partial charge in [0.15, 0.2) is 5.82 Å². The molecule has 8 nitrogen and oxygen atoms in total. The molecule has 0 bridgehead atoms. The third-order valence-electron chi connectivity index (χ3n) is 4.77. The van der Waals surface area contributed by atoms with E-state index in [1.807, 2.05) is 19.1 Å². The summed E-state index contributed by atoms with van der Waals surface area (Å²) in [6, 6.07) is 12.1. The van der Waals surface area contributed by atoms with Gasteiger partial charge in [-0.2, -0.15) is 15.5 Å². The lowest BCUT2D eigenvalue weighted by Gasteiger charge is -2.10. The molecule has 0 aliphatic heterocycles. The first-order valence-corrected chi connectivity index (χ1v) is 9.35. The fraction of sp³-hybridized carbons (Fsp3) is 0.190. The van der Waals surface area contributed by atoms with Crippen molar-refractivity contribution in [2.24, 2.45) is 7.05 Å². The molecule has 0 saturated heterocycles. The maximum atomic E-state index is 13.3. The van der Waals surface area contributed by atoms with Crippen molar-refractivity contribution >= 4 is 11.6 Å². The number of alkyl halides is 2. The van der Waals surface area contributed by atoms with Crippen molar-refractivity contribution in [3.8, 4) is 23.1 Å². The molecule has 4 rings (SSSR count). The standard InChI is InChI=1S/C21H18F2N8/c1-12-8-16(20(22)23)31(28-12)18-9-17(25-11-26-18)27-21-13(2)19(29-30(21)3)15-6-4-14(10-24)5-7-15/h4-9,11,20H,1-3H3,(H,25,26,27). The first-order valence-electron chi connectivity index (χ1n) is 9.35. The van der Waals surface area contributed by atoms with Gasteiger partial charge in [0.05, 0.1) is 23.0 Å². The molecular weight excluding hydrogens is 402 g/mol. The number of hydrogen-bond acceptors (Lipinski definition) is 6. The molecule has 156 valence electrons. The van der Waals surface area contributed by atoms with Crippen LogP contribution in [0, 0.1) is 25.2 Å². The molecule has 0 fully saturated rings. The van der Waals surface area contributed by atoms with Crippen molar-refractivity contribution in [1.82, 2.24) is 29.5 Å². The van der Waals surface area contributed by atoms with Crippen LogP contribution in [0.1, 0.15) is 28.9 Å². The van der Waals surface area contributed by atoms with Crippen molar-refractivity contribution in [3.63, 3.8) is 0 Å². The summed E-state index contributed by atoms with van der Waals surface area (Å²) >= 11 is 0. The number of hydrogen-bond donors (Lipinski definition) is 1. The molecule has 1 N–H and O–H groups in total. The maximum absolute atomic E-state index is 13.3. The Bertz CT molecular complexity index is 1280. The molecule has 0 spiro atoms. The van der Waals surface area contributed by atoms with Crippen molar-refractivity contribution in [3.05, 3.63) is 65.2 Å². The summed E-state index contributed by atoms with van der Waals surface area (Å²) in [6.45, 7) is 3.56. The number of nitrogens with zero attached hydrogens (tertiary/aromatic N) is 7. The van der Waals surface area contributed by atoms with Gasteiger partial charge in [-0.25, -0.2) is 23.4 Å². The van der Waals surface area contributed by atoms with Gasteiger partial charge >= 0.3 is 0 Å². The average Bonchev–Trinajstić information content (AvgIpc) is 3.29. The van der Waals surface area contributed by atoms with Gasteiger partial charge in [-0.05, 0) is 32.0 Å². The third kappa shape index (κ3) is 3.85. The Hall–Kier alpha value is -4.13. The molecule has 0 atom stereocenters. The largest absolute Gasteiger partial charge is 0.325 e. The maximum Gasteiger partial charge on any atom is 0.280 e. The van der Waals surface area contributed by atoms with Crippen molar-refractivity contribution < 1.29 is 8.78 Å². The lowest BCUT2D eigenvalue weighted by Crippen LogP contribution is -2.07. The molecule has 0 unspecified atom stereocenters. The first-order chi connectivity index (χ1) is 14.9. The molecule has 0 amide bonds. The zero-order chi connectivity index (χ0) is 22.1. The van der Waals surface area contributed by atoms with Gasteiger partial charge in [-0.1, -0.05) is 12.1 Å². The van der Waals surface area contributed by atoms with Gasteiger partial charge < -0.3 is 5.32 Å². The molecule has 0 aliphatic rings. The van der Waals surface area contributed by atoms with E-state index in [9.17, 15) is 8.78 Å². The van der Waals surface area contributed by atoms with Gasteiger partial charge in [-0.3, -0.25) is 4.68 Å². The molecule has 1 aromatic carbocycles. The number of aryl methyl sites for hydroxylation is 2. The fourth-order valence-electron chi connectivity index (χ4n) is 3.29. The Balaban J connectivity index is 1.67. The fourth-order valence-corrected chi connectivity index (χ4v) is 3.29. The Morgan fingerprint density at radius 3 is 2.48 bits per heavy atom. The summed E-state index contributed by atoms with van der Waals surface area (Å²) in [4.78, 5) is 8.29. The summed E-state index contributed by atoms with van der Waals surface area (Å²) in [6.07, 6.45) is -1.39. The minimum absolute atomic E-state index is 0.230. The highest BCUT2D eigenvalue weighted by molar-refractivity contribution is 5.71. The highest BCUT2D eigenvalue weighted by atomic mass is 19.3. The zero-order valence-corrected chi connectivity index (χ0v) is 17.0.